The molecule has 1 fully saturated rings. The Bertz CT molecular complexity index is 797. The number of imide groups is 2. The van der Waals surface area contributed by atoms with E-state index in [1.54, 1.807) is 0 Å². The van der Waals surface area contributed by atoms with Crippen LogP contribution in [0.15, 0.2) is 54.6 Å². The van der Waals surface area contributed by atoms with Gasteiger partial charge in [0.25, 0.3) is 0 Å². The summed E-state index contributed by atoms with van der Waals surface area (Å²) in [6.45, 7) is 4.16. The largest absolute Gasteiger partial charge is 0.334 e. The van der Waals surface area contributed by atoms with Gasteiger partial charge in [-0.15, -0.1) is 0 Å². The van der Waals surface area contributed by atoms with Gasteiger partial charge in [0, 0.05) is 6.54 Å². The monoisotopic (exact) mass is 336 g/mol. The molecule has 0 aliphatic carbocycles. The molecule has 1 aliphatic rings. The lowest BCUT2D eigenvalue weighted by Gasteiger charge is -2.17. The van der Waals surface area contributed by atoms with E-state index in [1.165, 1.54) is 0 Å². The summed E-state index contributed by atoms with van der Waals surface area (Å²) in [6.07, 6.45) is 0. The number of nitrogens with zero attached hydrogens (tertiary/aromatic N) is 2. The Labute approximate surface area is 146 Å². The van der Waals surface area contributed by atoms with Gasteiger partial charge in [0.15, 0.2) is 0 Å². The van der Waals surface area contributed by atoms with Crippen molar-refractivity contribution >= 4 is 17.8 Å². The first-order valence-corrected chi connectivity index (χ1v) is 8.29. The van der Waals surface area contributed by atoms with Crippen LogP contribution in [0.4, 0.5) is 4.79 Å². The highest BCUT2D eigenvalue weighted by molar-refractivity contribution is 6.44. The molecule has 4 amide bonds. The van der Waals surface area contributed by atoms with E-state index in [-0.39, 0.29) is 19.0 Å². The Morgan fingerprint density at radius 3 is 1.92 bits per heavy atom. The molecule has 0 aromatic heterocycles. The maximum atomic E-state index is 12.4. The van der Waals surface area contributed by atoms with Crippen LogP contribution in [-0.4, -0.2) is 34.2 Å². The van der Waals surface area contributed by atoms with Crippen LogP contribution < -0.4 is 0 Å². The highest BCUT2D eigenvalue weighted by Gasteiger charge is 2.44. The van der Waals surface area contributed by atoms with Gasteiger partial charge < -0.3 is 0 Å². The smallest absolute Gasteiger partial charge is 0.263 e. The van der Waals surface area contributed by atoms with Crippen LogP contribution in [0.3, 0.4) is 0 Å². The average Bonchev–Trinajstić information content (AvgIpc) is 2.81. The van der Waals surface area contributed by atoms with E-state index in [0.717, 1.165) is 26.5 Å². The van der Waals surface area contributed by atoms with Gasteiger partial charge in [-0.1, -0.05) is 68.4 Å². The first-order chi connectivity index (χ1) is 12.0. The van der Waals surface area contributed by atoms with Gasteiger partial charge in [0.05, 0.1) is 6.54 Å². The van der Waals surface area contributed by atoms with E-state index in [2.05, 4.69) is 0 Å². The SMILES string of the molecule is CC(C)CN1C(=O)C(=O)N(Cc2ccc(-c3ccccc3)cc2)C1=O. The van der Waals surface area contributed by atoms with Crippen molar-refractivity contribution in [3.63, 3.8) is 0 Å². The molecular formula is C20H20N2O3. The zero-order valence-electron chi connectivity index (χ0n) is 14.3. The minimum absolute atomic E-state index is 0.104. The standard InChI is InChI=1S/C20H20N2O3/c1-14(2)12-21-18(23)19(24)22(20(21)25)13-15-8-10-17(11-9-15)16-6-4-3-5-7-16/h3-11,14H,12-13H2,1-2H3. The van der Waals surface area contributed by atoms with Gasteiger partial charge in [-0.3, -0.25) is 19.4 Å². The van der Waals surface area contributed by atoms with Crippen LogP contribution in [0.1, 0.15) is 19.4 Å². The van der Waals surface area contributed by atoms with Crippen molar-refractivity contribution in [3.8, 4) is 11.1 Å². The second kappa shape index (κ2) is 6.89. The predicted molar refractivity (Wildman–Crippen MR) is 94.4 cm³/mol. The molecule has 0 radical (unpaired) electrons. The maximum absolute atomic E-state index is 12.4. The molecule has 2 aromatic carbocycles. The topological polar surface area (TPSA) is 57.7 Å². The van der Waals surface area contributed by atoms with Gasteiger partial charge in [0.2, 0.25) is 0 Å². The molecule has 5 heteroatoms. The highest BCUT2D eigenvalue weighted by atomic mass is 16.2. The van der Waals surface area contributed by atoms with Crippen molar-refractivity contribution < 1.29 is 14.4 Å². The quantitative estimate of drug-likeness (QED) is 0.622. The van der Waals surface area contributed by atoms with Crippen LogP contribution in [0.5, 0.6) is 0 Å². The third-order valence-corrected chi connectivity index (χ3v) is 4.08. The molecular weight excluding hydrogens is 316 g/mol. The van der Waals surface area contributed by atoms with Crippen molar-refractivity contribution in [2.45, 2.75) is 20.4 Å². The normalized spacial score (nSPS) is 14.8. The van der Waals surface area contributed by atoms with E-state index in [9.17, 15) is 14.4 Å². The zero-order chi connectivity index (χ0) is 18.0. The maximum Gasteiger partial charge on any atom is 0.334 e. The summed E-state index contributed by atoms with van der Waals surface area (Å²) in [7, 11) is 0. The predicted octanol–water partition coefficient (Wildman–Crippen LogP) is 3.30. The van der Waals surface area contributed by atoms with Crippen LogP contribution in [-0.2, 0) is 16.1 Å². The molecule has 0 saturated carbocycles. The first kappa shape index (κ1) is 16.9. The van der Waals surface area contributed by atoms with Gasteiger partial charge in [0.1, 0.15) is 0 Å². The number of carbonyl (C=O) groups excluding carboxylic acids is 3. The molecule has 1 saturated heterocycles. The molecule has 0 atom stereocenters. The number of urea groups is 1. The third kappa shape index (κ3) is 3.45. The Hall–Kier alpha value is -2.95. The van der Waals surface area contributed by atoms with Crippen molar-refractivity contribution in [2.24, 2.45) is 5.92 Å². The Kier molecular flexibility index (Phi) is 4.65. The fraction of sp³-hybridized carbons (Fsp3) is 0.250. The van der Waals surface area contributed by atoms with Gasteiger partial charge >= 0.3 is 17.8 Å². The lowest BCUT2D eigenvalue weighted by molar-refractivity contribution is -0.143. The summed E-state index contributed by atoms with van der Waals surface area (Å²) in [4.78, 5) is 38.5. The second-order valence-corrected chi connectivity index (χ2v) is 6.55. The molecule has 1 aliphatic heterocycles. The van der Waals surface area contributed by atoms with E-state index in [4.69, 9.17) is 0 Å². The van der Waals surface area contributed by atoms with Crippen molar-refractivity contribution in [3.05, 3.63) is 60.2 Å². The Morgan fingerprint density at radius 1 is 0.760 bits per heavy atom. The summed E-state index contributed by atoms with van der Waals surface area (Å²) in [5, 5.41) is 0. The minimum atomic E-state index is -0.752. The molecule has 0 spiro atoms. The van der Waals surface area contributed by atoms with Crippen LogP contribution in [0, 0.1) is 5.92 Å². The van der Waals surface area contributed by atoms with Crippen LogP contribution in [0.25, 0.3) is 11.1 Å². The van der Waals surface area contributed by atoms with E-state index < -0.39 is 17.8 Å². The average molecular weight is 336 g/mol. The number of amides is 4. The lowest BCUT2D eigenvalue weighted by Crippen LogP contribution is -2.35. The van der Waals surface area contributed by atoms with E-state index >= 15 is 0 Å². The zero-order valence-corrected chi connectivity index (χ0v) is 14.3. The number of hydrogen-bond acceptors (Lipinski definition) is 3. The summed E-state index contributed by atoms with van der Waals surface area (Å²) >= 11 is 0. The van der Waals surface area contributed by atoms with Gasteiger partial charge in [-0.25, -0.2) is 4.79 Å². The van der Waals surface area contributed by atoms with Crippen LogP contribution in [0.2, 0.25) is 0 Å². The molecule has 25 heavy (non-hydrogen) atoms. The number of hydrogen-bond donors (Lipinski definition) is 0. The van der Waals surface area contributed by atoms with Crippen molar-refractivity contribution in [2.75, 3.05) is 6.54 Å². The summed E-state index contributed by atoms with van der Waals surface area (Å²) in [6, 6.07) is 17.1. The number of rotatable bonds is 5. The molecule has 0 bridgehead atoms. The summed E-state index contributed by atoms with van der Waals surface area (Å²) in [5.74, 6) is -1.37. The van der Waals surface area contributed by atoms with Crippen molar-refractivity contribution in [1.29, 1.82) is 0 Å². The van der Waals surface area contributed by atoms with E-state index in [1.807, 2.05) is 68.4 Å². The van der Waals surface area contributed by atoms with Crippen molar-refractivity contribution in [1.82, 2.24) is 9.80 Å². The second-order valence-electron chi connectivity index (χ2n) is 6.55. The highest BCUT2D eigenvalue weighted by Crippen LogP contribution is 2.21. The molecule has 0 unspecified atom stereocenters. The Morgan fingerprint density at radius 2 is 1.32 bits per heavy atom. The fourth-order valence-electron chi connectivity index (χ4n) is 2.83. The molecule has 0 N–H and O–H groups in total. The van der Waals surface area contributed by atoms with Crippen LogP contribution >= 0.6 is 0 Å². The fourth-order valence-corrected chi connectivity index (χ4v) is 2.83. The first-order valence-electron chi connectivity index (χ1n) is 8.29. The molecule has 1 heterocycles. The van der Waals surface area contributed by atoms with Gasteiger partial charge in [-0.2, -0.15) is 0 Å². The summed E-state index contributed by atoms with van der Waals surface area (Å²) in [5.41, 5.74) is 2.96. The van der Waals surface area contributed by atoms with Gasteiger partial charge in [-0.05, 0) is 22.6 Å². The van der Waals surface area contributed by atoms with E-state index in [0.29, 0.717) is 0 Å². The summed E-state index contributed by atoms with van der Waals surface area (Å²) < 4.78 is 0. The molecule has 128 valence electrons. The minimum Gasteiger partial charge on any atom is -0.263 e. The third-order valence-electron chi connectivity index (χ3n) is 4.08. The molecule has 5 nitrogen and oxygen atoms in total. The lowest BCUT2D eigenvalue weighted by atomic mass is 10.0. The molecule has 2 aromatic rings. The molecule has 3 rings (SSSR count). The number of carbonyl (C=O) groups is 3. The number of benzene rings is 2. The Balaban J connectivity index is 1.75.